The fraction of sp³-hybridized carbons (Fsp3) is 0.571. The lowest BCUT2D eigenvalue weighted by Gasteiger charge is -2.21. The molecule has 7 nitrogen and oxygen atoms in total. The van der Waals surface area contributed by atoms with E-state index in [1.54, 1.807) is 7.05 Å². The second-order valence-corrected chi connectivity index (χ2v) is 7.76. The number of likely N-dealkylation sites (tertiary alicyclic amines) is 1. The molecule has 0 saturated carbocycles. The van der Waals surface area contributed by atoms with E-state index >= 15 is 0 Å². The maximum atomic E-state index is 12.0. The summed E-state index contributed by atoms with van der Waals surface area (Å²) in [5.41, 5.74) is 1.83. The number of rotatable bonds is 6. The second-order valence-electron chi connectivity index (χ2n) is 7.76. The Morgan fingerprint density at radius 2 is 2.03 bits per heavy atom. The molecule has 1 aromatic carbocycles. The first-order valence-corrected chi connectivity index (χ1v) is 9.76. The number of hydrogen-bond donors (Lipinski definition) is 2. The van der Waals surface area contributed by atoms with Crippen LogP contribution < -0.4 is 10.6 Å². The average Bonchev–Trinajstić information content (AvgIpc) is 3.02. The number of benzene rings is 1. The molecule has 162 valence electrons. The molecule has 8 heteroatoms. The summed E-state index contributed by atoms with van der Waals surface area (Å²) in [5, 5.41) is 6.29. The van der Waals surface area contributed by atoms with Crippen molar-refractivity contribution in [3.05, 3.63) is 29.8 Å². The smallest absolute Gasteiger partial charge is 0.310 e. The lowest BCUT2D eigenvalue weighted by atomic mass is 9.99. The highest BCUT2D eigenvalue weighted by atomic mass is 127. The number of amides is 1. The zero-order chi connectivity index (χ0) is 20.7. The van der Waals surface area contributed by atoms with Crippen LogP contribution in [0.1, 0.15) is 32.8 Å². The minimum atomic E-state index is -0.171. The lowest BCUT2D eigenvalue weighted by Crippen LogP contribution is -2.40. The number of guanidine groups is 1. The minimum absolute atomic E-state index is 0. The Morgan fingerprint density at radius 3 is 2.66 bits per heavy atom. The Labute approximate surface area is 190 Å². The van der Waals surface area contributed by atoms with Crippen molar-refractivity contribution in [3.63, 3.8) is 0 Å². The van der Waals surface area contributed by atoms with Crippen molar-refractivity contribution in [3.8, 4) is 0 Å². The molecule has 0 aromatic heterocycles. The topological polar surface area (TPSA) is 83.0 Å². The summed E-state index contributed by atoms with van der Waals surface area (Å²) in [6.07, 6.45) is 0.504. The van der Waals surface area contributed by atoms with Gasteiger partial charge in [0, 0.05) is 38.8 Å². The summed E-state index contributed by atoms with van der Waals surface area (Å²) in [6, 6.07) is 7.78. The van der Waals surface area contributed by atoms with E-state index in [2.05, 4.69) is 27.4 Å². The average molecular weight is 516 g/mol. The standard InChI is InChI=1S/C21H32N4O3.HI/c1-14(2)9-19(26)24-17-8-6-7-16(10-17)11-23-21(22-4)25-12-15(3)18(13-25)20(27)28-5;/h6-8,10,14-15,18H,9,11-13H2,1-5H3,(H,22,23)(H,24,26);1H. The third kappa shape index (κ3) is 7.49. The predicted molar refractivity (Wildman–Crippen MR) is 126 cm³/mol. The van der Waals surface area contributed by atoms with Gasteiger partial charge in [-0.15, -0.1) is 24.0 Å². The number of methoxy groups -OCH3 is 1. The van der Waals surface area contributed by atoms with Crippen molar-refractivity contribution < 1.29 is 14.3 Å². The molecule has 2 unspecified atom stereocenters. The van der Waals surface area contributed by atoms with Gasteiger partial charge in [0.15, 0.2) is 5.96 Å². The van der Waals surface area contributed by atoms with Crippen molar-refractivity contribution in [1.82, 2.24) is 10.2 Å². The molecule has 1 heterocycles. The lowest BCUT2D eigenvalue weighted by molar-refractivity contribution is -0.146. The fourth-order valence-corrected chi connectivity index (χ4v) is 3.45. The van der Waals surface area contributed by atoms with Crippen LogP contribution in [0, 0.1) is 17.8 Å². The van der Waals surface area contributed by atoms with Crippen molar-refractivity contribution in [2.75, 3.05) is 32.6 Å². The molecular weight excluding hydrogens is 483 g/mol. The van der Waals surface area contributed by atoms with Crippen molar-refractivity contribution in [1.29, 1.82) is 0 Å². The Balaban J connectivity index is 0.00000420. The van der Waals surface area contributed by atoms with Gasteiger partial charge in [-0.05, 0) is 29.5 Å². The number of carbonyl (C=O) groups excluding carboxylic acids is 2. The van der Waals surface area contributed by atoms with Gasteiger partial charge in [0.2, 0.25) is 5.91 Å². The van der Waals surface area contributed by atoms with Crippen LogP contribution in [0.3, 0.4) is 0 Å². The molecule has 0 aliphatic carbocycles. The molecular formula is C21H33IN4O3. The molecule has 29 heavy (non-hydrogen) atoms. The van der Waals surface area contributed by atoms with Crippen LogP contribution in [0.2, 0.25) is 0 Å². The second kappa shape index (κ2) is 12.0. The number of nitrogens with one attached hydrogen (secondary N) is 2. The molecule has 1 fully saturated rings. The molecule has 2 rings (SSSR count). The normalized spacial score (nSPS) is 19.0. The largest absolute Gasteiger partial charge is 0.469 e. The Bertz CT molecular complexity index is 724. The van der Waals surface area contributed by atoms with E-state index < -0.39 is 0 Å². The molecule has 1 aliphatic heterocycles. The highest BCUT2D eigenvalue weighted by Gasteiger charge is 2.36. The molecule has 2 atom stereocenters. The first-order chi connectivity index (χ1) is 13.3. The first-order valence-electron chi connectivity index (χ1n) is 9.76. The van der Waals surface area contributed by atoms with Crippen molar-refractivity contribution >= 4 is 47.5 Å². The summed E-state index contributed by atoms with van der Waals surface area (Å²) in [5.74, 6) is 1.01. The van der Waals surface area contributed by atoms with Gasteiger partial charge < -0.3 is 20.3 Å². The maximum Gasteiger partial charge on any atom is 0.310 e. The zero-order valence-electron chi connectivity index (χ0n) is 17.9. The van der Waals surface area contributed by atoms with E-state index in [1.807, 2.05) is 38.1 Å². The Kier molecular flexibility index (Phi) is 10.4. The Morgan fingerprint density at radius 1 is 1.31 bits per heavy atom. The minimum Gasteiger partial charge on any atom is -0.469 e. The summed E-state index contributed by atoms with van der Waals surface area (Å²) in [4.78, 5) is 30.3. The maximum absolute atomic E-state index is 12.0. The number of nitrogens with zero attached hydrogens (tertiary/aromatic N) is 2. The van der Waals surface area contributed by atoms with E-state index in [4.69, 9.17) is 4.74 Å². The molecule has 1 amide bonds. The number of aliphatic imine (C=N–C) groups is 1. The van der Waals surface area contributed by atoms with E-state index in [0.29, 0.717) is 25.4 Å². The SMILES string of the molecule is CN=C(NCc1cccc(NC(=O)CC(C)C)c1)N1CC(C)C(C(=O)OC)C1.I. The van der Waals surface area contributed by atoms with Crippen LogP contribution in [0.4, 0.5) is 5.69 Å². The number of halogens is 1. The van der Waals surface area contributed by atoms with Crippen LogP contribution in [-0.4, -0.2) is 50.0 Å². The third-order valence-corrected chi connectivity index (χ3v) is 4.88. The van der Waals surface area contributed by atoms with Gasteiger partial charge in [-0.1, -0.05) is 32.9 Å². The van der Waals surface area contributed by atoms with E-state index in [1.165, 1.54) is 7.11 Å². The molecule has 1 aliphatic rings. The molecule has 0 radical (unpaired) electrons. The third-order valence-electron chi connectivity index (χ3n) is 4.88. The summed E-state index contributed by atoms with van der Waals surface area (Å²) in [6.45, 7) is 8.03. The Hall–Kier alpha value is -1.84. The van der Waals surface area contributed by atoms with E-state index in [0.717, 1.165) is 23.8 Å². The van der Waals surface area contributed by atoms with E-state index in [-0.39, 0.29) is 47.7 Å². The number of hydrogen-bond acceptors (Lipinski definition) is 4. The van der Waals surface area contributed by atoms with Gasteiger partial charge in [-0.2, -0.15) is 0 Å². The highest BCUT2D eigenvalue weighted by Crippen LogP contribution is 2.24. The number of carbonyl (C=O) groups is 2. The van der Waals surface area contributed by atoms with Crippen molar-refractivity contribution in [2.24, 2.45) is 22.7 Å². The molecule has 0 spiro atoms. The summed E-state index contributed by atoms with van der Waals surface area (Å²) >= 11 is 0. The van der Waals surface area contributed by atoms with Gasteiger partial charge in [0.25, 0.3) is 0 Å². The molecule has 1 aromatic rings. The first kappa shape index (κ1) is 25.2. The van der Waals surface area contributed by atoms with Crippen LogP contribution >= 0.6 is 24.0 Å². The summed E-state index contributed by atoms with van der Waals surface area (Å²) < 4.78 is 4.90. The van der Waals surface area contributed by atoms with Crippen LogP contribution in [-0.2, 0) is 20.9 Å². The predicted octanol–water partition coefficient (Wildman–Crippen LogP) is 3.11. The van der Waals surface area contributed by atoms with Crippen LogP contribution in [0.15, 0.2) is 29.3 Å². The monoisotopic (exact) mass is 516 g/mol. The van der Waals surface area contributed by atoms with Gasteiger partial charge in [0.05, 0.1) is 13.0 Å². The van der Waals surface area contributed by atoms with Gasteiger partial charge in [-0.25, -0.2) is 0 Å². The highest BCUT2D eigenvalue weighted by molar-refractivity contribution is 14.0. The number of anilines is 1. The molecule has 1 saturated heterocycles. The van der Waals surface area contributed by atoms with Crippen LogP contribution in [0.25, 0.3) is 0 Å². The quantitative estimate of drug-likeness (QED) is 0.263. The van der Waals surface area contributed by atoms with Crippen LogP contribution in [0.5, 0.6) is 0 Å². The molecule has 0 bridgehead atoms. The van der Waals surface area contributed by atoms with Gasteiger partial charge >= 0.3 is 5.97 Å². The van der Waals surface area contributed by atoms with Crippen molar-refractivity contribution in [2.45, 2.75) is 33.7 Å². The van der Waals surface area contributed by atoms with Gasteiger partial charge in [-0.3, -0.25) is 14.6 Å². The fourth-order valence-electron chi connectivity index (χ4n) is 3.45. The zero-order valence-corrected chi connectivity index (χ0v) is 20.2. The molecule has 2 N–H and O–H groups in total. The number of esters is 1. The summed E-state index contributed by atoms with van der Waals surface area (Å²) in [7, 11) is 3.17. The van der Waals surface area contributed by atoms with E-state index in [9.17, 15) is 9.59 Å². The van der Waals surface area contributed by atoms with Gasteiger partial charge in [0.1, 0.15) is 0 Å². The number of ether oxygens (including phenoxy) is 1.